The van der Waals surface area contributed by atoms with Crippen LogP contribution >= 0.6 is 0 Å². The lowest BCUT2D eigenvalue weighted by Crippen LogP contribution is -2.38. The van der Waals surface area contributed by atoms with Crippen LogP contribution < -0.4 is 24.8 Å². The number of nitrogens with zero attached hydrogens (tertiary/aromatic N) is 3. The number of ketones is 1. The van der Waals surface area contributed by atoms with Crippen molar-refractivity contribution in [3.05, 3.63) is 74.7 Å². The number of nitrogens with two attached hydrogens (primary N) is 1. The van der Waals surface area contributed by atoms with Crippen LogP contribution in [0.4, 0.5) is 11.4 Å². The fourth-order valence-electron chi connectivity index (χ4n) is 4.71. The lowest BCUT2D eigenvalue weighted by molar-refractivity contribution is -0.384. The van der Waals surface area contributed by atoms with Gasteiger partial charge in [-0.2, -0.15) is 5.26 Å². The predicted molar refractivity (Wildman–Crippen MR) is 127 cm³/mol. The highest BCUT2D eigenvalue weighted by Crippen LogP contribution is 2.49. The van der Waals surface area contributed by atoms with Crippen molar-refractivity contribution < 1.29 is 23.9 Å². The summed E-state index contributed by atoms with van der Waals surface area (Å²) >= 11 is 0. The molecule has 0 aromatic heterocycles. The van der Waals surface area contributed by atoms with E-state index in [0.29, 0.717) is 59.0 Å². The molecule has 0 unspecified atom stereocenters. The molecule has 0 amide bonds. The number of nitriles is 1. The molecule has 1 atom stereocenters. The van der Waals surface area contributed by atoms with Gasteiger partial charge in [0.15, 0.2) is 17.3 Å². The van der Waals surface area contributed by atoms with Crippen LogP contribution in [0.1, 0.15) is 30.7 Å². The van der Waals surface area contributed by atoms with Crippen LogP contribution in [0, 0.1) is 21.4 Å². The van der Waals surface area contributed by atoms with Gasteiger partial charge in [0.2, 0.25) is 5.75 Å². The summed E-state index contributed by atoms with van der Waals surface area (Å²) in [6, 6.07) is 11.5. The first kappa shape index (κ1) is 23.6. The van der Waals surface area contributed by atoms with Crippen molar-refractivity contribution in [1.29, 1.82) is 5.26 Å². The Morgan fingerprint density at radius 1 is 1.09 bits per heavy atom. The summed E-state index contributed by atoms with van der Waals surface area (Å²) < 4.78 is 16.4. The molecule has 10 heteroatoms. The first-order valence-corrected chi connectivity index (χ1v) is 10.9. The number of non-ortho nitro benzene ring substituents is 1. The number of anilines is 1. The van der Waals surface area contributed by atoms with Gasteiger partial charge in [-0.15, -0.1) is 0 Å². The Morgan fingerprint density at radius 2 is 1.71 bits per heavy atom. The smallest absolute Gasteiger partial charge is 0.269 e. The Bertz CT molecular complexity index is 1280. The molecule has 1 heterocycles. The molecule has 4 rings (SSSR count). The number of methoxy groups -OCH3 is 3. The van der Waals surface area contributed by atoms with Crippen molar-refractivity contribution in [3.8, 4) is 23.3 Å². The van der Waals surface area contributed by atoms with Crippen LogP contribution in [0.3, 0.4) is 0 Å². The highest BCUT2D eigenvalue weighted by Gasteiger charge is 2.41. The van der Waals surface area contributed by atoms with E-state index >= 15 is 0 Å². The zero-order valence-corrected chi connectivity index (χ0v) is 19.5. The molecule has 0 saturated heterocycles. The van der Waals surface area contributed by atoms with Gasteiger partial charge in [-0.3, -0.25) is 19.8 Å². The highest BCUT2D eigenvalue weighted by atomic mass is 16.6. The van der Waals surface area contributed by atoms with E-state index in [0.717, 1.165) is 0 Å². The molecule has 2 aromatic rings. The fourth-order valence-corrected chi connectivity index (χ4v) is 4.71. The molecule has 1 aliphatic heterocycles. The number of nitro benzene ring substituents is 1. The van der Waals surface area contributed by atoms with E-state index in [2.05, 4.69) is 6.07 Å². The van der Waals surface area contributed by atoms with Gasteiger partial charge in [-0.05, 0) is 42.7 Å². The standard InChI is InChI=1S/C25H24N4O6/c1-33-20-11-14(12-21(34-2)24(20)35-3)22-17(13-26)25(27)28(18-5-4-6-19(30)23(18)22)15-7-9-16(10-8-15)29(31)32/h7-12,22H,4-6,27H2,1-3H3/t22-/m1/s1. The quantitative estimate of drug-likeness (QED) is 0.485. The Balaban J connectivity index is 1.95. The van der Waals surface area contributed by atoms with Gasteiger partial charge in [0, 0.05) is 35.5 Å². The number of Topliss-reactive ketones (excluding diaryl/α,β-unsaturated/α-hetero) is 1. The van der Waals surface area contributed by atoms with Crippen molar-refractivity contribution in [2.24, 2.45) is 5.73 Å². The normalized spacial score (nSPS) is 17.6. The van der Waals surface area contributed by atoms with Crippen molar-refractivity contribution in [1.82, 2.24) is 0 Å². The van der Waals surface area contributed by atoms with E-state index in [1.165, 1.54) is 33.5 Å². The number of allylic oxidation sites excluding steroid dienone is 3. The zero-order valence-electron chi connectivity index (χ0n) is 19.5. The molecule has 2 aliphatic rings. The molecular formula is C25H24N4O6. The number of carbonyl (C=O) groups is 1. The molecule has 35 heavy (non-hydrogen) atoms. The van der Waals surface area contributed by atoms with Gasteiger partial charge in [0.25, 0.3) is 5.69 Å². The maximum atomic E-state index is 13.3. The Morgan fingerprint density at radius 3 is 2.23 bits per heavy atom. The molecule has 10 nitrogen and oxygen atoms in total. The lowest BCUT2D eigenvalue weighted by Gasteiger charge is -2.39. The number of ether oxygens (including phenoxy) is 3. The Hall–Kier alpha value is -4.52. The van der Waals surface area contributed by atoms with Crippen molar-refractivity contribution in [2.75, 3.05) is 26.2 Å². The van der Waals surface area contributed by atoms with E-state index in [9.17, 15) is 20.2 Å². The molecule has 0 saturated carbocycles. The van der Waals surface area contributed by atoms with Crippen LogP contribution in [0.15, 0.2) is 59.1 Å². The van der Waals surface area contributed by atoms with Gasteiger partial charge in [0.1, 0.15) is 5.82 Å². The van der Waals surface area contributed by atoms with E-state index in [1.807, 2.05) is 0 Å². The van der Waals surface area contributed by atoms with Gasteiger partial charge >= 0.3 is 0 Å². The lowest BCUT2D eigenvalue weighted by atomic mass is 9.75. The minimum absolute atomic E-state index is 0.0713. The van der Waals surface area contributed by atoms with Crippen molar-refractivity contribution in [3.63, 3.8) is 0 Å². The summed E-state index contributed by atoms with van der Waals surface area (Å²) in [4.78, 5) is 25.6. The first-order valence-electron chi connectivity index (χ1n) is 10.9. The van der Waals surface area contributed by atoms with E-state index in [1.54, 1.807) is 29.2 Å². The second kappa shape index (κ2) is 9.38. The first-order chi connectivity index (χ1) is 16.9. The number of carbonyl (C=O) groups excluding carboxylic acids is 1. The molecule has 2 N–H and O–H groups in total. The average molecular weight is 476 g/mol. The molecule has 0 spiro atoms. The number of rotatable bonds is 6. The maximum absolute atomic E-state index is 13.3. The molecule has 1 aliphatic carbocycles. The number of hydrogen-bond acceptors (Lipinski definition) is 9. The molecule has 0 fully saturated rings. The summed E-state index contributed by atoms with van der Waals surface area (Å²) in [6.45, 7) is 0. The number of nitro groups is 1. The summed E-state index contributed by atoms with van der Waals surface area (Å²) in [7, 11) is 4.47. The summed E-state index contributed by atoms with van der Waals surface area (Å²) in [5.74, 6) is 0.514. The summed E-state index contributed by atoms with van der Waals surface area (Å²) in [5, 5.41) is 21.3. The van der Waals surface area contributed by atoms with Gasteiger partial charge in [-0.1, -0.05) is 0 Å². The largest absolute Gasteiger partial charge is 0.493 e. The Labute approximate surface area is 201 Å². The van der Waals surface area contributed by atoms with Crippen LogP contribution in [0.2, 0.25) is 0 Å². The zero-order chi connectivity index (χ0) is 25.3. The summed E-state index contributed by atoms with van der Waals surface area (Å²) in [6.07, 6.45) is 1.52. The van der Waals surface area contributed by atoms with E-state index in [4.69, 9.17) is 19.9 Å². The van der Waals surface area contributed by atoms with Crippen LogP contribution in [-0.4, -0.2) is 32.0 Å². The fraction of sp³-hybridized carbons (Fsp3) is 0.280. The minimum atomic E-state index is -0.731. The average Bonchev–Trinajstić information content (AvgIpc) is 2.87. The van der Waals surface area contributed by atoms with E-state index < -0.39 is 10.8 Å². The second-order valence-electron chi connectivity index (χ2n) is 8.05. The molecule has 0 radical (unpaired) electrons. The SMILES string of the molecule is COc1cc([C@@H]2C(C#N)=C(N)N(c3ccc([N+](=O)[O-])cc3)C3=C2C(=O)CCC3)cc(OC)c1OC. The van der Waals surface area contributed by atoms with E-state index in [-0.39, 0.29) is 22.9 Å². The predicted octanol–water partition coefficient (Wildman–Crippen LogP) is 3.93. The molecule has 180 valence electrons. The van der Waals surface area contributed by atoms with Gasteiger partial charge in [0.05, 0.1) is 43.8 Å². The molecule has 2 aromatic carbocycles. The van der Waals surface area contributed by atoms with Crippen LogP contribution in [0.25, 0.3) is 0 Å². The molecule has 0 bridgehead atoms. The third kappa shape index (κ3) is 3.91. The van der Waals surface area contributed by atoms with Crippen LogP contribution in [-0.2, 0) is 4.79 Å². The topological polar surface area (TPSA) is 141 Å². The molecular weight excluding hydrogens is 452 g/mol. The number of benzene rings is 2. The maximum Gasteiger partial charge on any atom is 0.269 e. The van der Waals surface area contributed by atoms with Crippen molar-refractivity contribution >= 4 is 17.2 Å². The monoisotopic (exact) mass is 476 g/mol. The van der Waals surface area contributed by atoms with Gasteiger partial charge in [-0.25, -0.2) is 0 Å². The van der Waals surface area contributed by atoms with Crippen LogP contribution in [0.5, 0.6) is 17.2 Å². The number of hydrogen-bond donors (Lipinski definition) is 1. The Kier molecular flexibility index (Phi) is 6.34. The van der Waals surface area contributed by atoms with Gasteiger partial charge < -0.3 is 19.9 Å². The second-order valence-corrected chi connectivity index (χ2v) is 8.05. The minimum Gasteiger partial charge on any atom is -0.493 e. The third-order valence-corrected chi connectivity index (χ3v) is 6.25. The highest BCUT2D eigenvalue weighted by molar-refractivity contribution is 6.01. The third-order valence-electron chi connectivity index (χ3n) is 6.25. The summed E-state index contributed by atoms with van der Waals surface area (Å²) in [5.41, 5.74) is 8.95. The van der Waals surface area contributed by atoms with Crippen molar-refractivity contribution in [2.45, 2.75) is 25.2 Å².